The lowest BCUT2D eigenvalue weighted by molar-refractivity contribution is -0.826. The lowest BCUT2D eigenvalue weighted by atomic mass is 10.1. The summed E-state index contributed by atoms with van der Waals surface area (Å²) in [5, 5.41) is 13.3. The molecule has 0 bridgehead atoms. The maximum absolute atomic E-state index is 11.5. The van der Waals surface area contributed by atoms with Crippen LogP contribution in [0.3, 0.4) is 0 Å². The van der Waals surface area contributed by atoms with Gasteiger partial charge in [-0.15, -0.1) is 0 Å². The van der Waals surface area contributed by atoms with Crippen LogP contribution in [0.15, 0.2) is 16.8 Å². The Hall–Kier alpha value is -0.520. The van der Waals surface area contributed by atoms with Crippen LogP contribution in [0.5, 0.6) is 0 Å². The standard InChI is InChI=1S/C11H15NO2S2/c1-8-3-2-5-12(8,15)10(11(13)14)9-4-6-16-7-9/h4,6-8,10,15H,2-3,5H2,1H3/p+1/t8-,10-,12?/m0/s1. The highest BCUT2D eigenvalue weighted by Crippen LogP contribution is 2.41. The summed E-state index contributed by atoms with van der Waals surface area (Å²) >= 11 is 6.19. The Bertz CT molecular complexity index is 379. The van der Waals surface area contributed by atoms with Gasteiger partial charge in [-0.3, -0.25) is 0 Å². The molecular formula is C11H16NO2S2+. The molecule has 0 aliphatic carbocycles. The van der Waals surface area contributed by atoms with E-state index in [1.165, 1.54) is 11.3 Å². The molecular weight excluding hydrogens is 242 g/mol. The summed E-state index contributed by atoms with van der Waals surface area (Å²) in [4.78, 5) is 11.5. The van der Waals surface area contributed by atoms with Gasteiger partial charge in [0.2, 0.25) is 6.04 Å². The van der Waals surface area contributed by atoms with E-state index in [-0.39, 0.29) is 0 Å². The predicted octanol–water partition coefficient (Wildman–Crippen LogP) is 2.72. The van der Waals surface area contributed by atoms with Gasteiger partial charge in [0.15, 0.2) is 0 Å². The molecule has 0 aromatic carbocycles. The molecule has 88 valence electrons. The minimum absolute atomic E-state index is 0.296. The smallest absolute Gasteiger partial charge is 0.368 e. The van der Waals surface area contributed by atoms with Gasteiger partial charge in [0.05, 0.1) is 25.4 Å². The molecule has 3 nitrogen and oxygen atoms in total. The van der Waals surface area contributed by atoms with Crippen LogP contribution < -0.4 is 0 Å². The van der Waals surface area contributed by atoms with Crippen LogP contribution in [0.1, 0.15) is 31.4 Å². The number of carboxylic acid groups (broad SMARTS) is 1. The maximum Gasteiger partial charge on any atom is 0.368 e. The van der Waals surface area contributed by atoms with Crippen LogP contribution in [-0.2, 0) is 4.79 Å². The first-order chi connectivity index (χ1) is 7.55. The Kier molecular flexibility index (Phi) is 3.28. The minimum atomic E-state index is -0.776. The van der Waals surface area contributed by atoms with Crippen molar-refractivity contribution < 1.29 is 13.8 Å². The third kappa shape index (κ3) is 1.87. The van der Waals surface area contributed by atoms with Crippen molar-refractivity contribution in [2.45, 2.75) is 31.8 Å². The van der Waals surface area contributed by atoms with Gasteiger partial charge in [0, 0.05) is 23.8 Å². The molecule has 0 amide bonds. The lowest BCUT2D eigenvalue weighted by Crippen LogP contribution is -2.47. The Morgan fingerprint density at radius 2 is 2.50 bits per heavy atom. The molecule has 1 aliphatic rings. The number of quaternary nitrogens is 1. The Morgan fingerprint density at radius 1 is 1.75 bits per heavy atom. The molecule has 2 heterocycles. The third-order valence-corrected chi connectivity index (χ3v) is 4.97. The van der Waals surface area contributed by atoms with E-state index < -0.39 is 12.0 Å². The zero-order valence-corrected chi connectivity index (χ0v) is 10.9. The molecule has 1 fully saturated rings. The van der Waals surface area contributed by atoms with Crippen LogP contribution in [-0.4, -0.2) is 27.6 Å². The third-order valence-electron chi connectivity index (χ3n) is 3.44. The van der Waals surface area contributed by atoms with Crippen molar-refractivity contribution in [2.24, 2.45) is 0 Å². The number of carboxylic acids is 1. The molecule has 1 aliphatic heterocycles. The van der Waals surface area contributed by atoms with Gasteiger partial charge in [-0.05, 0) is 18.4 Å². The normalized spacial score (nSPS) is 31.5. The van der Waals surface area contributed by atoms with Crippen molar-refractivity contribution in [3.63, 3.8) is 0 Å². The maximum atomic E-state index is 11.5. The number of thiophene rings is 1. The fraction of sp³-hybridized carbons (Fsp3) is 0.545. The molecule has 5 heteroatoms. The van der Waals surface area contributed by atoms with Crippen molar-refractivity contribution in [1.29, 1.82) is 0 Å². The van der Waals surface area contributed by atoms with Gasteiger partial charge >= 0.3 is 5.97 Å². The Morgan fingerprint density at radius 3 is 2.94 bits per heavy atom. The van der Waals surface area contributed by atoms with Gasteiger partial charge < -0.3 is 5.11 Å². The van der Waals surface area contributed by atoms with Gasteiger partial charge in [-0.2, -0.15) is 11.3 Å². The van der Waals surface area contributed by atoms with Crippen LogP contribution in [0.2, 0.25) is 0 Å². The number of nitrogens with zero attached hydrogens (tertiary/aromatic N) is 1. The summed E-state index contributed by atoms with van der Waals surface area (Å²) in [6.45, 7) is 2.92. The number of aliphatic carboxylic acids is 1. The number of likely N-dealkylation sites (tertiary alicyclic amines) is 1. The predicted molar refractivity (Wildman–Crippen MR) is 67.5 cm³/mol. The highest BCUT2D eigenvalue weighted by Gasteiger charge is 2.48. The Balaban J connectivity index is 2.37. The summed E-state index contributed by atoms with van der Waals surface area (Å²) in [7, 11) is 0. The molecule has 3 atom stereocenters. The number of hydrogen-bond donors (Lipinski definition) is 2. The molecule has 16 heavy (non-hydrogen) atoms. The molecule has 1 unspecified atom stereocenters. The molecule has 1 N–H and O–H groups in total. The fourth-order valence-corrected chi connectivity index (χ4v) is 3.66. The first kappa shape index (κ1) is 12.0. The second kappa shape index (κ2) is 4.39. The molecule has 2 rings (SSSR count). The largest absolute Gasteiger partial charge is 0.477 e. The van der Waals surface area contributed by atoms with E-state index in [1.807, 2.05) is 16.8 Å². The number of rotatable bonds is 3. The topological polar surface area (TPSA) is 37.3 Å². The quantitative estimate of drug-likeness (QED) is 0.646. The number of carbonyl (C=O) groups is 1. The average Bonchev–Trinajstić information content (AvgIpc) is 2.79. The zero-order valence-electron chi connectivity index (χ0n) is 9.17. The van der Waals surface area contributed by atoms with E-state index >= 15 is 0 Å². The average molecular weight is 258 g/mol. The van der Waals surface area contributed by atoms with Crippen LogP contribution in [0.25, 0.3) is 0 Å². The molecule has 0 saturated carbocycles. The van der Waals surface area contributed by atoms with E-state index in [2.05, 4.69) is 19.7 Å². The van der Waals surface area contributed by atoms with Crippen molar-refractivity contribution in [1.82, 2.24) is 0 Å². The van der Waals surface area contributed by atoms with Crippen LogP contribution >= 0.6 is 24.2 Å². The SMILES string of the molecule is C[C@H]1CCC[N+]1(S)[C@H](C(=O)O)c1ccsc1. The molecule has 1 aromatic rings. The number of hydrogen-bond acceptors (Lipinski definition) is 3. The first-order valence-electron chi connectivity index (χ1n) is 5.41. The van der Waals surface area contributed by atoms with E-state index in [0.717, 1.165) is 24.9 Å². The van der Waals surface area contributed by atoms with Crippen molar-refractivity contribution in [3.8, 4) is 0 Å². The fourth-order valence-electron chi connectivity index (χ4n) is 2.49. The van der Waals surface area contributed by atoms with Crippen LogP contribution in [0.4, 0.5) is 0 Å². The monoisotopic (exact) mass is 258 g/mol. The summed E-state index contributed by atoms with van der Waals surface area (Å²) in [6, 6.07) is 1.65. The summed E-state index contributed by atoms with van der Waals surface area (Å²) < 4.78 is 0.339. The molecule has 0 radical (unpaired) electrons. The van der Waals surface area contributed by atoms with Crippen molar-refractivity contribution in [2.75, 3.05) is 6.54 Å². The van der Waals surface area contributed by atoms with Gasteiger partial charge in [-0.1, -0.05) is 0 Å². The highest BCUT2D eigenvalue weighted by atomic mass is 32.1. The summed E-state index contributed by atoms with van der Waals surface area (Å²) in [6.07, 6.45) is 2.11. The molecule has 1 saturated heterocycles. The minimum Gasteiger partial charge on any atom is -0.477 e. The van der Waals surface area contributed by atoms with E-state index in [4.69, 9.17) is 0 Å². The highest BCUT2D eigenvalue weighted by molar-refractivity contribution is 7.74. The first-order valence-corrected chi connectivity index (χ1v) is 6.75. The summed E-state index contributed by atoms with van der Waals surface area (Å²) in [5.41, 5.74) is 0.876. The lowest BCUT2D eigenvalue weighted by Gasteiger charge is -2.36. The molecule has 0 spiro atoms. The second-order valence-corrected chi connectivity index (χ2v) is 5.92. The van der Waals surface area contributed by atoms with E-state index in [1.54, 1.807) is 0 Å². The van der Waals surface area contributed by atoms with E-state index in [0.29, 0.717) is 9.93 Å². The van der Waals surface area contributed by atoms with Gasteiger partial charge in [-0.25, -0.2) is 8.68 Å². The molecule has 1 aromatic heterocycles. The zero-order chi connectivity index (χ0) is 11.8. The number of thiol groups is 1. The van der Waals surface area contributed by atoms with Gasteiger partial charge in [0.1, 0.15) is 0 Å². The van der Waals surface area contributed by atoms with Crippen LogP contribution in [0, 0.1) is 0 Å². The second-order valence-electron chi connectivity index (χ2n) is 4.40. The van der Waals surface area contributed by atoms with Gasteiger partial charge in [0.25, 0.3) is 0 Å². The Labute approximate surface area is 105 Å². The van der Waals surface area contributed by atoms with Crippen molar-refractivity contribution >= 4 is 30.1 Å². The van der Waals surface area contributed by atoms with Crippen molar-refractivity contribution in [3.05, 3.63) is 22.4 Å². The summed E-state index contributed by atoms with van der Waals surface area (Å²) in [5.74, 6) is -0.776. The van der Waals surface area contributed by atoms with E-state index in [9.17, 15) is 9.90 Å².